The van der Waals surface area contributed by atoms with Gasteiger partial charge in [-0.25, -0.2) is 0 Å². The summed E-state index contributed by atoms with van der Waals surface area (Å²) in [6.07, 6.45) is 1.79. The molecule has 130 valence electrons. The summed E-state index contributed by atoms with van der Waals surface area (Å²) in [6.45, 7) is 0.590. The maximum Gasteiger partial charge on any atom is 0.271 e. The fraction of sp³-hybridized carbons (Fsp3) is 0.190. The van der Waals surface area contributed by atoms with Gasteiger partial charge in [0.2, 0.25) is 5.91 Å². The largest absolute Gasteiger partial charge is 0.312 e. The van der Waals surface area contributed by atoms with E-state index in [2.05, 4.69) is 30.3 Å². The molecule has 5 nitrogen and oxygen atoms in total. The van der Waals surface area contributed by atoms with Crippen molar-refractivity contribution in [2.75, 3.05) is 11.4 Å². The molecule has 0 spiro atoms. The number of rotatable bonds is 4. The van der Waals surface area contributed by atoms with Crippen LogP contribution in [0.5, 0.6) is 0 Å². The fourth-order valence-corrected chi connectivity index (χ4v) is 3.52. The number of nitro benzene ring substituents is 1. The highest BCUT2D eigenvalue weighted by Gasteiger charge is 2.26. The number of hydrogen-bond donors (Lipinski definition) is 0. The Morgan fingerprint density at radius 1 is 1.04 bits per heavy atom. The van der Waals surface area contributed by atoms with Gasteiger partial charge in [-0.2, -0.15) is 0 Å². The van der Waals surface area contributed by atoms with Gasteiger partial charge in [-0.15, -0.1) is 0 Å². The third-order valence-corrected chi connectivity index (χ3v) is 4.92. The van der Waals surface area contributed by atoms with Crippen molar-refractivity contribution in [1.82, 2.24) is 0 Å². The van der Waals surface area contributed by atoms with Gasteiger partial charge in [-0.3, -0.25) is 14.9 Å². The molecule has 1 aliphatic heterocycles. The molecular weight excluding hydrogens is 328 g/mol. The van der Waals surface area contributed by atoms with Gasteiger partial charge < -0.3 is 4.90 Å². The van der Waals surface area contributed by atoms with Crippen LogP contribution in [0.2, 0.25) is 0 Å². The van der Waals surface area contributed by atoms with Crippen LogP contribution in [0.4, 0.5) is 11.4 Å². The van der Waals surface area contributed by atoms with Crippen LogP contribution in [0.3, 0.4) is 0 Å². The number of non-ortho nitro benzene ring substituents is 1. The highest BCUT2D eigenvalue weighted by molar-refractivity contribution is 5.96. The zero-order chi connectivity index (χ0) is 18.1. The van der Waals surface area contributed by atoms with Gasteiger partial charge in [0.15, 0.2) is 0 Å². The van der Waals surface area contributed by atoms with Crippen molar-refractivity contribution < 1.29 is 9.72 Å². The molecule has 1 heterocycles. The Balaban J connectivity index is 1.49. The quantitative estimate of drug-likeness (QED) is 0.523. The van der Waals surface area contributed by atoms with E-state index >= 15 is 0 Å². The van der Waals surface area contributed by atoms with E-state index in [4.69, 9.17) is 0 Å². The molecule has 5 heteroatoms. The Bertz CT molecular complexity index is 1010. The van der Waals surface area contributed by atoms with Crippen LogP contribution < -0.4 is 4.90 Å². The standard InChI is InChI=1S/C21H18N2O3/c24-21(10-6-15-5-7-16-3-1-2-4-18(16)13-15)22-12-11-17-8-9-19(23(25)26)14-20(17)22/h1-5,7-9,13-14H,6,10-12H2. The zero-order valence-corrected chi connectivity index (χ0v) is 14.2. The Labute approximate surface area is 151 Å². The van der Waals surface area contributed by atoms with E-state index < -0.39 is 4.92 Å². The van der Waals surface area contributed by atoms with Gasteiger partial charge in [-0.05, 0) is 34.7 Å². The summed E-state index contributed by atoms with van der Waals surface area (Å²) in [6, 6.07) is 19.2. The van der Waals surface area contributed by atoms with Gasteiger partial charge in [0, 0.05) is 25.1 Å². The van der Waals surface area contributed by atoms with Crippen molar-refractivity contribution >= 4 is 28.1 Å². The lowest BCUT2D eigenvalue weighted by molar-refractivity contribution is -0.384. The minimum absolute atomic E-state index is 0.0115. The second-order valence-corrected chi connectivity index (χ2v) is 6.55. The Hall–Kier alpha value is -3.21. The summed E-state index contributed by atoms with van der Waals surface area (Å²) in [7, 11) is 0. The van der Waals surface area contributed by atoms with Crippen molar-refractivity contribution in [1.29, 1.82) is 0 Å². The van der Waals surface area contributed by atoms with Crippen molar-refractivity contribution in [3.8, 4) is 0 Å². The predicted molar refractivity (Wildman–Crippen MR) is 101 cm³/mol. The number of fused-ring (bicyclic) bond motifs is 2. The number of nitro groups is 1. The van der Waals surface area contributed by atoms with Crippen LogP contribution >= 0.6 is 0 Å². The highest BCUT2D eigenvalue weighted by Crippen LogP contribution is 2.32. The minimum Gasteiger partial charge on any atom is -0.312 e. The molecule has 0 N–H and O–H groups in total. The van der Waals surface area contributed by atoms with E-state index in [-0.39, 0.29) is 11.6 Å². The molecule has 0 aromatic heterocycles. The molecule has 0 aliphatic carbocycles. The smallest absolute Gasteiger partial charge is 0.271 e. The van der Waals surface area contributed by atoms with Crippen LogP contribution in [-0.2, 0) is 17.6 Å². The lowest BCUT2D eigenvalue weighted by atomic mass is 10.0. The third-order valence-electron chi connectivity index (χ3n) is 4.92. The molecule has 0 radical (unpaired) electrons. The molecule has 3 aromatic rings. The van der Waals surface area contributed by atoms with E-state index in [1.54, 1.807) is 11.0 Å². The number of carbonyl (C=O) groups is 1. The number of carbonyl (C=O) groups excluding carboxylic acids is 1. The summed E-state index contributed by atoms with van der Waals surface area (Å²) < 4.78 is 0. The number of aryl methyl sites for hydroxylation is 1. The average Bonchev–Trinajstić information content (AvgIpc) is 3.09. The van der Waals surface area contributed by atoms with E-state index in [0.29, 0.717) is 25.1 Å². The van der Waals surface area contributed by atoms with Gasteiger partial charge in [0.05, 0.1) is 10.6 Å². The SMILES string of the molecule is O=C(CCc1ccc2ccccc2c1)N1CCc2ccc([N+](=O)[O-])cc21. The maximum absolute atomic E-state index is 12.7. The zero-order valence-electron chi connectivity index (χ0n) is 14.2. The predicted octanol–water partition coefficient (Wildman–Crippen LogP) is 4.27. The third kappa shape index (κ3) is 3.04. The molecule has 3 aromatic carbocycles. The van der Waals surface area contributed by atoms with E-state index in [1.807, 2.05) is 12.1 Å². The topological polar surface area (TPSA) is 63.5 Å². The summed E-state index contributed by atoms with van der Waals surface area (Å²) in [5.74, 6) is 0.0115. The van der Waals surface area contributed by atoms with Crippen LogP contribution in [-0.4, -0.2) is 17.4 Å². The van der Waals surface area contributed by atoms with Crippen molar-refractivity contribution in [3.63, 3.8) is 0 Å². The first kappa shape index (κ1) is 16.3. The molecule has 0 saturated heterocycles. The van der Waals surface area contributed by atoms with Gasteiger partial charge in [0.25, 0.3) is 5.69 Å². The average molecular weight is 346 g/mol. The van der Waals surface area contributed by atoms with E-state index in [9.17, 15) is 14.9 Å². The number of hydrogen-bond acceptors (Lipinski definition) is 3. The molecular formula is C21H18N2O3. The van der Waals surface area contributed by atoms with E-state index in [1.165, 1.54) is 22.9 Å². The molecule has 0 saturated carbocycles. The van der Waals surface area contributed by atoms with Crippen molar-refractivity contribution in [2.45, 2.75) is 19.3 Å². The summed E-state index contributed by atoms with van der Waals surface area (Å²) >= 11 is 0. The van der Waals surface area contributed by atoms with Gasteiger partial charge in [0.1, 0.15) is 0 Å². The van der Waals surface area contributed by atoms with Crippen LogP contribution in [0.15, 0.2) is 60.7 Å². The first-order valence-electron chi connectivity index (χ1n) is 8.67. The number of anilines is 1. The summed E-state index contributed by atoms with van der Waals surface area (Å²) in [5.41, 5.74) is 2.82. The number of amides is 1. The highest BCUT2D eigenvalue weighted by atomic mass is 16.6. The van der Waals surface area contributed by atoms with Crippen LogP contribution in [0.25, 0.3) is 10.8 Å². The lowest BCUT2D eigenvalue weighted by Gasteiger charge is -2.17. The molecule has 1 amide bonds. The lowest BCUT2D eigenvalue weighted by Crippen LogP contribution is -2.29. The Morgan fingerprint density at radius 2 is 1.85 bits per heavy atom. The summed E-state index contributed by atoms with van der Waals surface area (Å²) in [5, 5.41) is 13.3. The monoisotopic (exact) mass is 346 g/mol. The molecule has 1 aliphatic rings. The van der Waals surface area contributed by atoms with Crippen LogP contribution in [0, 0.1) is 10.1 Å². The van der Waals surface area contributed by atoms with Gasteiger partial charge in [-0.1, -0.05) is 48.5 Å². The fourth-order valence-electron chi connectivity index (χ4n) is 3.52. The van der Waals surface area contributed by atoms with Gasteiger partial charge >= 0.3 is 0 Å². The second-order valence-electron chi connectivity index (χ2n) is 6.55. The van der Waals surface area contributed by atoms with Crippen LogP contribution in [0.1, 0.15) is 17.5 Å². The second kappa shape index (κ2) is 6.59. The minimum atomic E-state index is -0.420. The molecule has 0 fully saturated rings. The number of nitrogens with zero attached hydrogens (tertiary/aromatic N) is 2. The first-order valence-corrected chi connectivity index (χ1v) is 8.67. The normalized spacial score (nSPS) is 13.0. The first-order chi connectivity index (χ1) is 12.6. The van der Waals surface area contributed by atoms with E-state index in [0.717, 1.165) is 17.5 Å². The van der Waals surface area contributed by atoms with Crippen molar-refractivity contribution in [3.05, 3.63) is 81.9 Å². The van der Waals surface area contributed by atoms with Crippen molar-refractivity contribution in [2.24, 2.45) is 0 Å². The Kier molecular flexibility index (Phi) is 4.13. The summed E-state index contributed by atoms with van der Waals surface area (Å²) in [4.78, 5) is 24.9. The molecule has 0 unspecified atom stereocenters. The maximum atomic E-state index is 12.7. The molecule has 4 rings (SSSR count). The molecule has 26 heavy (non-hydrogen) atoms. The number of benzene rings is 3. The molecule has 0 atom stereocenters. The Morgan fingerprint density at radius 3 is 2.65 bits per heavy atom. The molecule has 0 bridgehead atoms.